The Morgan fingerprint density at radius 2 is 1.82 bits per heavy atom. The smallest absolute Gasteiger partial charge is 0.0762 e. The first-order valence-corrected chi connectivity index (χ1v) is 6.56. The zero-order chi connectivity index (χ0) is 12.3. The number of benzene rings is 2. The summed E-state index contributed by atoms with van der Waals surface area (Å²) >= 11 is 7.81. The number of hydrogen-bond donors (Lipinski definition) is 1. The van der Waals surface area contributed by atoms with E-state index in [4.69, 9.17) is 11.6 Å². The van der Waals surface area contributed by atoms with Gasteiger partial charge in [-0.1, -0.05) is 47.6 Å². The topological polar surface area (TPSA) is 20.2 Å². The van der Waals surface area contributed by atoms with Gasteiger partial charge in [0, 0.05) is 9.79 Å². The zero-order valence-electron chi connectivity index (χ0n) is 9.43. The second-order valence-corrected chi connectivity index (χ2v) is 5.30. The van der Waals surface area contributed by atoms with E-state index in [0.29, 0.717) is 5.02 Å². The summed E-state index contributed by atoms with van der Waals surface area (Å²) in [4.78, 5) is 2.15. The molecule has 0 saturated heterocycles. The van der Waals surface area contributed by atoms with Crippen LogP contribution in [0, 0.1) is 0 Å². The minimum Gasteiger partial charge on any atom is -0.389 e. The number of aliphatic hydroxyl groups is 1. The lowest BCUT2D eigenvalue weighted by Gasteiger charge is -2.08. The maximum absolute atomic E-state index is 9.46. The van der Waals surface area contributed by atoms with Crippen molar-refractivity contribution in [2.24, 2.45) is 0 Å². The summed E-state index contributed by atoms with van der Waals surface area (Å²) in [6, 6.07) is 15.7. The standard InChI is InChI=1S/C14H13ClOS/c1-10(16)11-7-8-14(13(15)9-11)17-12-5-3-2-4-6-12/h2-10,16H,1H3/t10-/m0/s1. The summed E-state index contributed by atoms with van der Waals surface area (Å²) in [7, 11) is 0. The number of halogens is 1. The van der Waals surface area contributed by atoms with E-state index >= 15 is 0 Å². The molecule has 0 unspecified atom stereocenters. The Balaban J connectivity index is 2.23. The summed E-state index contributed by atoms with van der Waals surface area (Å²) in [6.07, 6.45) is -0.483. The van der Waals surface area contributed by atoms with Crippen molar-refractivity contribution in [2.75, 3.05) is 0 Å². The summed E-state index contributed by atoms with van der Waals surface area (Å²) in [5, 5.41) is 10.1. The fourth-order valence-electron chi connectivity index (χ4n) is 1.48. The highest BCUT2D eigenvalue weighted by Gasteiger charge is 2.06. The first-order chi connectivity index (χ1) is 8.16. The Bertz CT molecular complexity index is 497. The van der Waals surface area contributed by atoms with Gasteiger partial charge in [0.05, 0.1) is 11.1 Å². The largest absolute Gasteiger partial charge is 0.389 e. The molecule has 0 heterocycles. The predicted molar refractivity (Wildman–Crippen MR) is 72.7 cm³/mol. The lowest BCUT2D eigenvalue weighted by Crippen LogP contribution is -1.90. The van der Waals surface area contributed by atoms with Crippen LogP contribution >= 0.6 is 23.4 Å². The highest BCUT2D eigenvalue weighted by atomic mass is 35.5. The predicted octanol–water partition coefficient (Wildman–Crippen LogP) is 4.54. The molecule has 0 aliphatic carbocycles. The van der Waals surface area contributed by atoms with Crippen LogP contribution in [0.15, 0.2) is 58.3 Å². The number of rotatable bonds is 3. The highest BCUT2D eigenvalue weighted by Crippen LogP contribution is 2.34. The fraction of sp³-hybridized carbons (Fsp3) is 0.143. The molecule has 0 amide bonds. The third-order valence-electron chi connectivity index (χ3n) is 2.41. The molecule has 0 aliphatic heterocycles. The van der Waals surface area contributed by atoms with Crippen molar-refractivity contribution in [3.63, 3.8) is 0 Å². The fourth-order valence-corrected chi connectivity index (χ4v) is 2.62. The molecule has 1 N–H and O–H groups in total. The van der Waals surface area contributed by atoms with Crippen LogP contribution in [0.5, 0.6) is 0 Å². The highest BCUT2D eigenvalue weighted by molar-refractivity contribution is 7.99. The number of hydrogen-bond acceptors (Lipinski definition) is 2. The van der Waals surface area contributed by atoms with E-state index in [0.717, 1.165) is 15.4 Å². The van der Waals surface area contributed by atoms with Gasteiger partial charge in [-0.25, -0.2) is 0 Å². The first-order valence-electron chi connectivity index (χ1n) is 5.37. The Hall–Kier alpha value is -0.960. The van der Waals surface area contributed by atoms with Crippen LogP contribution in [0.2, 0.25) is 5.02 Å². The minimum atomic E-state index is -0.483. The van der Waals surface area contributed by atoms with E-state index < -0.39 is 6.10 Å². The molecule has 2 aromatic carbocycles. The van der Waals surface area contributed by atoms with Crippen LogP contribution < -0.4 is 0 Å². The summed E-state index contributed by atoms with van der Waals surface area (Å²) < 4.78 is 0. The lowest BCUT2D eigenvalue weighted by molar-refractivity contribution is 0.199. The Kier molecular flexibility index (Phi) is 4.11. The zero-order valence-corrected chi connectivity index (χ0v) is 11.0. The van der Waals surface area contributed by atoms with Gasteiger partial charge in [-0.05, 0) is 36.8 Å². The third kappa shape index (κ3) is 3.25. The van der Waals surface area contributed by atoms with Crippen molar-refractivity contribution in [1.82, 2.24) is 0 Å². The maximum Gasteiger partial charge on any atom is 0.0762 e. The summed E-state index contributed by atoms with van der Waals surface area (Å²) in [5.41, 5.74) is 0.840. The molecule has 0 aliphatic rings. The molecule has 17 heavy (non-hydrogen) atoms. The molecular formula is C14H13ClOS. The Morgan fingerprint density at radius 3 is 2.41 bits per heavy atom. The van der Waals surface area contributed by atoms with Gasteiger partial charge in [0.1, 0.15) is 0 Å². The lowest BCUT2D eigenvalue weighted by atomic mass is 10.1. The molecule has 1 atom stereocenters. The van der Waals surface area contributed by atoms with E-state index in [1.54, 1.807) is 18.7 Å². The second-order valence-electron chi connectivity index (χ2n) is 3.78. The molecule has 0 aromatic heterocycles. The van der Waals surface area contributed by atoms with Gasteiger partial charge in [0.25, 0.3) is 0 Å². The molecule has 1 nitrogen and oxygen atoms in total. The van der Waals surface area contributed by atoms with Gasteiger partial charge < -0.3 is 5.11 Å². The van der Waals surface area contributed by atoms with E-state index in [2.05, 4.69) is 0 Å². The van der Waals surface area contributed by atoms with Crippen molar-refractivity contribution < 1.29 is 5.11 Å². The molecule has 2 aromatic rings. The molecule has 88 valence electrons. The monoisotopic (exact) mass is 264 g/mol. The number of aliphatic hydroxyl groups excluding tert-OH is 1. The molecule has 0 spiro atoms. The Morgan fingerprint density at radius 1 is 1.12 bits per heavy atom. The van der Waals surface area contributed by atoms with Crippen molar-refractivity contribution >= 4 is 23.4 Å². The molecule has 0 saturated carbocycles. The van der Waals surface area contributed by atoms with Crippen molar-refractivity contribution in [2.45, 2.75) is 22.8 Å². The average Bonchev–Trinajstić information content (AvgIpc) is 2.33. The van der Waals surface area contributed by atoms with Gasteiger partial charge in [0.15, 0.2) is 0 Å². The molecule has 0 fully saturated rings. The SMILES string of the molecule is C[C@H](O)c1ccc(Sc2ccccc2)c(Cl)c1. The van der Waals surface area contributed by atoms with Gasteiger partial charge in [-0.3, -0.25) is 0 Å². The summed E-state index contributed by atoms with van der Waals surface area (Å²) in [6.45, 7) is 1.73. The van der Waals surface area contributed by atoms with Crippen molar-refractivity contribution in [3.8, 4) is 0 Å². The molecule has 2 rings (SSSR count). The van der Waals surface area contributed by atoms with Crippen LogP contribution in [-0.2, 0) is 0 Å². The van der Waals surface area contributed by atoms with Crippen LogP contribution in [0.1, 0.15) is 18.6 Å². The van der Waals surface area contributed by atoms with Gasteiger partial charge in [-0.2, -0.15) is 0 Å². The molecular weight excluding hydrogens is 252 g/mol. The minimum absolute atomic E-state index is 0.483. The second kappa shape index (κ2) is 5.58. The van der Waals surface area contributed by atoms with Gasteiger partial charge in [0.2, 0.25) is 0 Å². The summed E-state index contributed by atoms with van der Waals surface area (Å²) in [5.74, 6) is 0. The van der Waals surface area contributed by atoms with Crippen LogP contribution in [0.4, 0.5) is 0 Å². The van der Waals surface area contributed by atoms with E-state index in [-0.39, 0.29) is 0 Å². The normalized spacial score (nSPS) is 12.4. The van der Waals surface area contributed by atoms with E-state index in [9.17, 15) is 5.11 Å². The van der Waals surface area contributed by atoms with Gasteiger partial charge >= 0.3 is 0 Å². The van der Waals surface area contributed by atoms with Gasteiger partial charge in [-0.15, -0.1) is 0 Å². The van der Waals surface area contributed by atoms with Crippen molar-refractivity contribution in [3.05, 3.63) is 59.1 Å². The van der Waals surface area contributed by atoms with E-state index in [1.807, 2.05) is 48.5 Å². The third-order valence-corrected chi connectivity index (χ3v) is 3.92. The average molecular weight is 265 g/mol. The van der Waals surface area contributed by atoms with Crippen LogP contribution in [0.25, 0.3) is 0 Å². The quantitative estimate of drug-likeness (QED) is 0.878. The van der Waals surface area contributed by atoms with Crippen LogP contribution in [-0.4, -0.2) is 5.11 Å². The van der Waals surface area contributed by atoms with Crippen LogP contribution in [0.3, 0.4) is 0 Å². The van der Waals surface area contributed by atoms with Crippen molar-refractivity contribution in [1.29, 1.82) is 0 Å². The maximum atomic E-state index is 9.46. The van der Waals surface area contributed by atoms with E-state index in [1.165, 1.54) is 0 Å². The molecule has 3 heteroatoms. The first kappa shape index (κ1) is 12.5. The molecule has 0 radical (unpaired) electrons. The Labute approximate surface area is 110 Å². The molecule has 0 bridgehead atoms.